The van der Waals surface area contributed by atoms with Gasteiger partial charge in [-0.1, -0.05) is 35.1 Å². The molecule has 0 fully saturated rings. The molecule has 1 heterocycles. The molecule has 0 aromatic carbocycles. The van der Waals surface area contributed by atoms with Crippen LogP contribution in [0.15, 0.2) is 34.6 Å². The van der Waals surface area contributed by atoms with E-state index in [9.17, 15) is 9.90 Å². The molecule has 0 spiro atoms. The number of aliphatic hydroxyl groups is 1. The summed E-state index contributed by atoms with van der Waals surface area (Å²) in [6, 6.07) is 0. The fourth-order valence-corrected chi connectivity index (χ4v) is 3.10. The van der Waals surface area contributed by atoms with Gasteiger partial charge in [0.25, 0.3) is 0 Å². The Kier molecular flexibility index (Phi) is 5.48. The average Bonchev–Trinajstić information content (AvgIpc) is 2.51. The molecule has 0 saturated heterocycles. The van der Waals surface area contributed by atoms with E-state index in [1.165, 1.54) is 22.9 Å². The number of hydrogen-bond donors (Lipinski definition) is 1. The van der Waals surface area contributed by atoms with Gasteiger partial charge in [0, 0.05) is 5.57 Å². The van der Waals surface area contributed by atoms with Crippen molar-refractivity contribution >= 4 is 16.9 Å². The predicted octanol–water partition coefficient (Wildman–Crippen LogP) is 4.93. The molecule has 0 saturated carbocycles. The van der Waals surface area contributed by atoms with Crippen molar-refractivity contribution in [2.45, 2.75) is 58.6 Å². The van der Waals surface area contributed by atoms with Gasteiger partial charge >= 0.3 is 0 Å². The lowest BCUT2D eigenvalue weighted by Gasteiger charge is -2.20. The first kappa shape index (κ1) is 16.1. The zero-order valence-corrected chi connectivity index (χ0v) is 13.4. The first-order valence-corrected chi connectivity index (χ1v) is 7.50. The maximum Gasteiger partial charge on any atom is 0.219 e. The molecule has 0 bridgehead atoms. The molecule has 106 valence electrons. The highest BCUT2D eigenvalue weighted by atomic mass is 32.2. The summed E-state index contributed by atoms with van der Waals surface area (Å²) in [5, 5.41) is 10.0. The van der Waals surface area contributed by atoms with Crippen molar-refractivity contribution in [3.05, 3.63) is 34.6 Å². The summed E-state index contributed by atoms with van der Waals surface area (Å²) in [5.74, 6) is 0.246. The molecule has 1 N–H and O–H groups in total. The quantitative estimate of drug-likeness (QED) is 0.725. The Morgan fingerprint density at radius 2 is 1.95 bits per heavy atom. The fraction of sp³-hybridized carbons (Fsp3) is 0.562. The van der Waals surface area contributed by atoms with Crippen molar-refractivity contribution in [1.29, 1.82) is 0 Å². The molecular formula is C16H24O2S. The van der Waals surface area contributed by atoms with E-state index in [4.69, 9.17) is 0 Å². The Hall–Kier alpha value is -0.960. The van der Waals surface area contributed by atoms with Crippen molar-refractivity contribution < 1.29 is 9.90 Å². The van der Waals surface area contributed by atoms with Crippen molar-refractivity contribution in [3.8, 4) is 0 Å². The normalized spacial score (nSPS) is 24.1. The van der Waals surface area contributed by atoms with E-state index in [1.54, 1.807) is 6.92 Å². The van der Waals surface area contributed by atoms with E-state index in [0.717, 1.165) is 12.8 Å². The number of hydrogen-bond acceptors (Lipinski definition) is 3. The smallest absolute Gasteiger partial charge is 0.219 e. The third-order valence-corrected chi connectivity index (χ3v) is 4.71. The summed E-state index contributed by atoms with van der Waals surface area (Å²) in [5.41, 5.74) is 3.15. The Morgan fingerprint density at radius 1 is 1.32 bits per heavy atom. The first-order valence-electron chi connectivity index (χ1n) is 6.69. The molecule has 0 aromatic rings. The van der Waals surface area contributed by atoms with Gasteiger partial charge in [0.15, 0.2) is 0 Å². The number of allylic oxidation sites excluding steroid dienone is 4. The number of carbonyl (C=O) groups excluding carboxylic acids is 1. The summed E-state index contributed by atoms with van der Waals surface area (Å²) in [6.45, 7) is 9.94. The lowest BCUT2D eigenvalue weighted by molar-refractivity contribution is -0.107. The van der Waals surface area contributed by atoms with Crippen LogP contribution >= 0.6 is 11.8 Å². The van der Waals surface area contributed by atoms with E-state index >= 15 is 0 Å². The van der Waals surface area contributed by atoms with Crippen molar-refractivity contribution in [2.75, 3.05) is 0 Å². The summed E-state index contributed by atoms with van der Waals surface area (Å²) in [6.07, 6.45) is 7.16. The van der Waals surface area contributed by atoms with Crippen LogP contribution in [0.25, 0.3) is 0 Å². The molecule has 1 atom stereocenters. The summed E-state index contributed by atoms with van der Waals surface area (Å²) in [7, 11) is 0. The van der Waals surface area contributed by atoms with Gasteiger partial charge in [0.1, 0.15) is 5.76 Å². The predicted molar refractivity (Wildman–Crippen MR) is 83.4 cm³/mol. The highest BCUT2D eigenvalue weighted by Crippen LogP contribution is 2.44. The van der Waals surface area contributed by atoms with E-state index < -0.39 is 4.75 Å². The van der Waals surface area contributed by atoms with E-state index in [-0.39, 0.29) is 10.9 Å². The molecular weight excluding hydrogens is 256 g/mol. The van der Waals surface area contributed by atoms with Crippen LogP contribution in [0.3, 0.4) is 0 Å². The average molecular weight is 280 g/mol. The van der Waals surface area contributed by atoms with Crippen molar-refractivity contribution in [3.63, 3.8) is 0 Å². The van der Waals surface area contributed by atoms with Gasteiger partial charge in [-0.2, -0.15) is 0 Å². The lowest BCUT2D eigenvalue weighted by atomic mass is 9.99. The van der Waals surface area contributed by atoms with E-state index in [1.807, 2.05) is 6.92 Å². The number of carbonyl (C=O) groups is 1. The summed E-state index contributed by atoms with van der Waals surface area (Å²) >= 11 is 1.24. The maximum atomic E-state index is 11.6. The van der Waals surface area contributed by atoms with E-state index in [0.29, 0.717) is 12.0 Å². The molecule has 0 aliphatic carbocycles. The van der Waals surface area contributed by atoms with Gasteiger partial charge in [-0.3, -0.25) is 4.79 Å². The summed E-state index contributed by atoms with van der Waals surface area (Å²) in [4.78, 5) is 11.6. The molecule has 0 aromatic heterocycles. The SMILES string of the molecule is CC(C)=CCCC(C)=CCC1(C)SC(=O)C(C)=C1O. The number of rotatable bonds is 5. The van der Waals surface area contributed by atoms with Crippen LogP contribution in [0, 0.1) is 0 Å². The molecule has 1 aliphatic rings. The molecule has 2 nitrogen and oxygen atoms in total. The Morgan fingerprint density at radius 3 is 2.42 bits per heavy atom. The van der Waals surface area contributed by atoms with Gasteiger partial charge in [0.2, 0.25) is 5.12 Å². The Balaban J connectivity index is 2.61. The van der Waals surface area contributed by atoms with Crippen molar-refractivity contribution in [1.82, 2.24) is 0 Å². The van der Waals surface area contributed by atoms with Crippen LogP contribution in [-0.4, -0.2) is 15.0 Å². The lowest BCUT2D eigenvalue weighted by Crippen LogP contribution is -2.19. The van der Waals surface area contributed by atoms with Gasteiger partial charge < -0.3 is 5.11 Å². The van der Waals surface area contributed by atoms with Crippen LogP contribution in [0.5, 0.6) is 0 Å². The second-order valence-electron chi connectivity index (χ2n) is 5.67. The topological polar surface area (TPSA) is 37.3 Å². The van der Waals surface area contributed by atoms with Crippen molar-refractivity contribution in [2.24, 2.45) is 0 Å². The third-order valence-electron chi connectivity index (χ3n) is 3.41. The first-order chi connectivity index (χ1) is 8.76. The second-order valence-corrected chi connectivity index (χ2v) is 7.14. The zero-order chi connectivity index (χ0) is 14.6. The zero-order valence-electron chi connectivity index (χ0n) is 12.5. The highest BCUT2D eigenvalue weighted by molar-refractivity contribution is 8.15. The third kappa shape index (κ3) is 4.27. The minimum Gasteiger partial charge on any atom is -0.510 e. The van der Waals surface area contributed by atoms with Crippen LogP contribution in [-0.2, 0) is 4.79 Å². The Bertz CT molecular complexity index is 453. The van der Waals surface area contributed by atoms with Gasteiger partial charge in [-0.05, 0) is 53.9 Å². The molecule has 0 amide bonds. The number of thioether (sulfide) groups is 1. The number of aliphatic hydroxyl groups excluding tert-OH is 1. The molecule has 1 unspecified atom stereocenters. The van der Waals surface area contributed by atoms with Gasteiger partial charge in [-0.25, -0.2) is 0 Å². The van der Waals surface area contributed by atoms with E-state index in [2.05, 4.69) is 32.9 Å². The Labute approximate surface area is 120 Å². The molecule has 0 radical (unpaired) electrons. The molecule has 19 heavy (non-hydrogen) atoms. The minimum absolute atomic E-state index is 0.00408. The van der Waals surface area contributed by atoms with Crippen LogP contribution < -0.4 is 0 Å². The fourth-order valence-electron chi connectivity index (χ4n) is 2.02. The largest absolute Gasteiger partial charge is 0.510 e. The van der Waals surface area contributed by atoms with Crippen LogP contribution in [0.4, 0.5) is 0 Å². The minimum atomic E-state index is -0.473. The second kappa shape index (κ2) is 6.47. The maximum absolute atomic E-state index is 11.6. The highest BCUT2D eigenvalue weighted by Gasteiger charge is 2.40. The van der Waals surface area contributed by atoms with Crippen LogP contribution in [0.1, 0.15) is 53.9 Å². The molecule has 3 heteroatoms. The molecule has 1 rings (SSSR count). The standard InChI is InChI=1S/C16H24O2S/c1-11(2)7-6-8-12(3)9-10-16(5)14(17)13(4)15(18)19-16/h7,9,17H,6,8,10H2,1-5H3. The van der Waals surface area contributed by atoms with Crippen LogP contribution in [0.2, 0.25) is 0 Å². The van der Waals surface area contributed by atoms with Gasteiger partial charge in [0.05, 0.1) is 4.75 Å². The summed E-state index contributed by atoms with van der Waals surface area (Å²) < 4.78 is -0.473. The molecule has 1 aliphatic heterocycles. The monoisotopic (exact) mass is 280 g/mol. The van der Waals surface area contributed by atoms with Gasteiger partial charge in [-0.15, -0.1) is 0 Å².